The molecule has 11 heteroatoms. The molecule has 1 aromatic rings. The minimum atomic E-state index is -1.16. The number of halogens is 2. The number of hydrogen-bond acceptors (Lipinski definition) is 7. The molecule has 1 aliphatic carbocycles. The third kappa shape index (κ3) is 9.58. The number of piperazine rings is 1. The van der Waals surface area contributed by atoms with E-state index in [0.717, 1.165) is 25.7 Å². The Labute approximate surface area is 247 Å². The van der Waals surface area contributed by atoms with Crippen molar-refractivity contribution in [3.8, 4) is 0 Å². The molecule has 1 saturated carbocycles. The van der Waals surface area contributed by atoms with Crippen LogP contribution >= 0.6 is 23.2 Å². The first kappa shape index (κ1) is 32.6. The quantitative estimate of drug-likeness (QED) is 0.294. The molecule has 0 bridgehead atoms. The van der Waals surface area contributed by atoms with Crippen LogP contribution in [0.15, 0.2) is 18.2 Å². The number of aliphatic hydroxyl groups excluding tert-OH is 1. The lowest BCUT2D eigenvalue weighted by Gasteiger charge is -2.42. The van der Waals surface area contributed by atoms with E-state index >= 15 is 0 Å². The first-order valence-electron chi connectivity index (χ1n) is 14.2. The van der Waals surface area contributed by atoms with Crippen LogP contribution in [0.3, 0.4) is 0 Å². The highest BCUT2D eigenvalue weighted by Gasteiger charge is 2.34. The van der Waals surface area contributed by atoms with Gasteiger partial charge in [0.05, 0.1) is 6.42 Å². The van der Waals surface area contributed by atoms with Crippen molar-refractivity contribution < 1.29 is 24.2 Å². The summed E-state index contributed by atoms with van der Waals surface area (Å²) in [5.41, 5.74) is 5.88. The van der Waals surface area contributed by atoms with Gasteiger partial charge < -0.3 is 25.8 Å². The highest BCUT2D eigenvalue weighted by Crippen LogP contribution is 2.28. The number of nitrogens with two attached hydrogens (primary N) is 1. The normalized spacial score (nSPS) is 22.2. The van der Waals surface area contributed by atoms with Crippen LogP contribution < -0.4 is 11.1 Å². The molecule has 9 nitrogen and oxygen atoms in total. The van der Waals surface area contributed by atoms with Gasteiger partial charge in [-0.25, -0.2) is 0 Å². The van der Waals surface area contributed by atoms with E-state index in [-0.39, 0.29) is 31.3 Å². The number of carbonyl (C=O) groups excluding carboxylic acids is 3. The van der Waals surface area contributed by atoms with Gasteiger partial charge in [0.1, 0.15) is 17.7 Å². The number of hydrogen-bond donors (Lipinski definition) is 3. The number of benzene rings is 1. The van der Waals surface area contributed by atoms with E-state index in [0.29, 0.717) is 47.8 Å². The Morgan fingerprint density at radius 2 is 1.77 bits per heavy atom. The van der Waals surface area contributed by atoms with Gasteiger partial charge in [0.2, 0.25) is 11.8 Å². The molecule has 0 aromatic heterocycles. The summed E-state index contributed by atoms with van der Waals surface area (Å²) in [7, 11) is 0. The van der Waals surface area contributed by atoms with Crippen LogP contribution in [0.1, 0.15) is 64.9 Å². The number of esters is 1. The monoisotopic (exact) mass is 598 g/mol. The molecular formula is C29H44Cl2N4O5. The predicted molar refractivity (Wildman–Crippen MR) is 156 cm³/mol. The van der Waals surface area contributed by atoms with Crippen LogP contribution in [-0.2, 0) is 25.5 Å². The zero-order chi connectivity index (χ0) is 29.4. The van der Waals surface area contributed by atoms with Crippen molar-refractivity contribution in [2.75, 3.05) is 32.8 Å². The van der Waals surface area contributed by atoms with Crippen molar-refractivity contribution >= 4 is 41.0 Å². The largest absolute Gasteiger partial charge is 0.459 e. The summed E-state index contributed by atoms with van der Waals surface area (Å²) in [6.07, 6.45) is 5.43. The van der Waals surface area contributed by atoms with Crippen LogP contribution in [-0.4, -0.2) is 89.2 Å². The number of nitrogens with zero attached hydrogens (tertiary/aromatic N) is 2. The topological polar surface area (TPSA) is 125 Å². The number of rotatable bonds is 9. The molecule has 4 N–H and O–H groups in total. The van der Waals surface area contributed by atoms with E-state index < -0.39 is 29.6 Å². The summed E-state index contributed by atoms with van der Waals surface area (Å²) >= 11 is 12.5. The molecule has 1 aromatic carbocycles. The number of ether oxygens (including phenoxy) is 1. The molecule has 3 rings (SSSR count). The summed E-state index contributed by atoms with van der Waals surface area (Å²) in [5.74, 6) is -1.16. The first-order valence-corrected chi connectivity index (χ1v) is 15.0. The smallest absolute Gasteiger partial charge is 0.323 e. The SMILES string of the molecule is CC(C)(C)OC(=O)C(N)CC(=O)NC(Cc1ccc(Cl)cc1Cl)C(=O)N1CCN(C2CCCCCC2CO)CC1. The second-order valence-electron chi connectivity index (χ2n) is 11.9. The zero-order valence-corrected chi connectivity index (χ0v) is 25.3. The highest BCUT2D eigenvalue weighted by molar-refractivity contribution is 6.35. The Morgan fingerprint density at radius 1 is 1.10 bits per heavy atom. The Hall–Kier alpha value is -1.91. The fourth-order valence-corrected chi connectivity index (χ4v) is 6.06. The molecule has 2 amide bonds. The molecule has 1 saturated heterocycles. The first-order chi connectivity index (χ1) is 18.9. The Bertz CT molecular complexity index is 1030. The fourth-order valence-electron chi connectivity index (χ4n) is 5.57. The minimum Gasteiger partial charge on any atom is -0.459 e. The van der Waals surface area contributed by atoms with Crippen LogP contribution in [0.5, 0.6) is 0 Å². The maximum absolute atomic E-state index is 13.7. The average molecular weight is 600 g/mol. The molecule has 0 radical (unpaired) electrons. The van der Waals surface area contributed by atoms with Crippen molar-refractivity contribution in [1.29, 1.82) is 0 Å². The molecular weight excluding hydrogens is 555 g/mol. The van der Waals surface area contributed by atoms with Crippen molar-refractivity contribution in [1.82, 2.24) is 15.1 Å². The molecule has 0 spiro atoms. The summed E-state index contributed by atoms with van der Waals surface area (Å²) in [5, 5.41) is 13.6. The number of aliphatic hydroxyl groups is 1. The maximum atomic E-state index is 13.7. The van der Waals surface area contributed by atoms with Crippen molar-refractivity contribution in [3.05, 3.63) is 33.8 Å². The van der Waals surface area contributed by atoms with Gasteiger partial charge in [-0.3, -0.25) is 19.3 Å². The maximum Gasteiger partial charge on any atom is 0.323 e. The Kier molecular flexibility index (Phi) is 12.1. The number of amides is 2. The van der Waals surface area contributed by atoms with Gasteiger partial charge in [-0.15, -0.1) is 0 Å². The molecule has 2 aliphatic rings. The Balaban J connectivity index is 1.68. The fraction of sp³-hybridized carbons (Fsp3) is 0.690. The van der Waals surface area contributed by atoms with Gasteiger partial charge in [0, 0.05) is 55.3 Å². The van der Waals surface area contributed by atoms with Crippen molar-refractivity contribution in [2.45, 2.75) is 89.4 Å². The number of nitrogens with one attached hydrogen (secondary N) is 1. The number of carbonyl (C=O) groups is 3. The molecule has 40 heavy (non-hydrogen) atoms. The van der Waals surface area contributed by atoms with Gasteiger partial charge in [-0.05, 0) is 57.2 Å². The van der Waals surface area contributed by atoms with Gasteiger partial charge in [-0.2, -0.15) is 0 Å². The lowest BCUT2D eigenvalue weighted by molar-refractivity contribution is -0.157. The highest BCUT2D eigenvalue weighted by atomic mass is 35.5. The molecule has 4 unspecified atom stereocenters. The molecule has 1 aliphatic heterocycles. The van der Waals surface area contributed by atoms with Gasteiger partial charge in [-0.1, -0.05) is 48.5 Å². The third-order valence-corrected chi connectivity index (χ3v) is 8.22. The van der Waals surface area contributed by atoms with Crippen LogP contribution in [0, 0.1) is 5.92 Å². The van der Waals surface area contributed by atoms with Crippen LogP contribution in [0.2, 0.25) is 10.0 Å². The second-order valence-corrected chi connectivity index (χ2v) is 12.8. The van der Waals surface area contributed by atoms with Crippen molar-refractivity contribution in [2.24, 2.45) is 11.7 Å². The Morgan fingerprint density at radius 3 is 2.40 bits per heavy atom. The second kappa shape index (κ2) is 14.8. The standard InChI is InChI=1S/C29H44Cl2N4O5/c1-29(2,3)40-28(39)23(32)17-26(37)33-24(15-19-9-10-21(30)16-22(19)31)27(38)35-13-11-34(12-14-35)25-8-6-4-5-7-20(25)18-36/h9-10,16,20,23-25,36H,4-8,11-15,17-18,32H2,1-3H3,(H,33,37). The molecule has 1 heterocycles. The predicted octanol–water partition coefficient (Wildman–Crippen LogP) is 3.17. The van der Waals surface area contributed by atoms with Crippen molar-refractivity contribution in [3.63, 3.8) is 0 Å². The third-order valence-electron chi connectivity index (χ3n) is 7.64. The van der Waals surface area contributed by atoms with E-state index in [9.17, 15) is 19.5 Å². The van der Waals surface area contributed by atoms with Gasteiger partial charge >= 0.3 is 5.97 Å². The molecule has 224 valence electrons. The van der Waals surface area contributed by atoms with E-state index in [2.05, 4.69) is 10.2 Å². The van der Waals surface area contributed by atoms with E-state index in [1.165, 1.54) is 6.42 Å². The molecule has 4 atom stereocenters. The summed E-state index contributed by atoms with van der Waals surface area (Å²) in [6, 6.07) is 3.30. The lowest BCUT2D eigenvalue weighted by atomic mass is 9.93. The summed E-state index contributed by atoms with van der Waals surface area (Å²) in [4.78, 5) is 43.2. The summed E-state index contributed by atoms with van der Waals surface area (Å²) < 4.78 is 5.28. The van der Waals surface area contributed by atoms with Crippen LogP contribution in [0.25, 0.3) is 0 Å². The average Bonchev–Trinajstić information content (AvgIpc) is 3.14. The lowest BCUT2D eigenvalue weighted by Crippen LogP contribution is -2.58. The van der Waals surface area contributed by atoms with Gasteiger partial charge in [0.15, 0.2) is 0 Å². The molecule has 2 fully saturated rings. The van der Waals surface area contributed by atoms with Crippen LogP contribution in [0.4, 0.5) is 0 Å². The zero-order valence-electron chi connectivity index (χ0n) is 23.8. The van der Waals surface area contributed by atoms with E-state index in [1.54, 1.807) is 43.9 Å². The summed E-state index contributed by atoms with van der Waals surface area (Å²) in [6.45, 7) is 7.81. The van der Waals surface area contributed by atoms with E-state index in [1.807, 2.05) is 0 Å². The minimum absolute atomic E-state index is 0.164. The van der Waals surface area contributed by atoms with Gasteiger partial charge in [0.25, 0.3) is 0 Å². The van der Waals surface area contributed by atoms with E-state index in [4.69, 9.17) is 33.7 Å².